The lowest BCUT2D eigenvalue weighted by molar-refractivity contribution is 0.161. The summed E-state index contributed by atoms with van der Waals surface area (Å²) in [5, 5.41) is 0. The average Bonchev–Trinajstić information content (AvgIpc) is 1.66. The summed E-state index contributed by atoms with van der Waals surface area (Å²) in [6.45, 7) is 10.7. The Balaban J connectivity index is 2.82. The smallest absolute Gasteiger partial charge is 0.0671 e. The van der Waals surface area contributed by atoms with E-state index in [-0.39, 0.29) is 0 Å². The van der Waals surface area contributed by atoms with E-state index >= 15 is 0 Å². The molecule has 0 saturated carbocycles. The molecule has 0 aromatic heterocycles. The van der Waals surface area contributed by atoms with E-state index in [9.17, 15) is 0 Å². The normalized spacial score (nSPS) is 9.25. The molecule has 0 atom stereocenters. The molecule has 0 bridgehead atoms. The Morgan fingerprint density at radius 3 is 2.62 bits per heavy atom. The van der Waals surface area contributed by atoms with E-state index in [1.165, 1.54) is 0 Å². The number of ether oxygens (including phenoxy) is 1. The van der Waals surface area contributed by atoms with Crippen molar-refractivity contribution < 1.29 is 4.74 Å². The first-order chi connectivity index (χ1) is 3.77. The summed E-state index contributed by atoms with van der Waals surface area (Å²) in [4.78, 5) is 0. The third-order valence-corrected chi connectivity index (χ3v) is 0.637. The van der Waals surface area contributed by atoms with Crippen LogP contribution in [0.3, 0.4) is 0 Å². The monoisotopic (exact) mass is 113 g/mol. The lowest BCUT2D eigenvalue weighted by Crippen LogP contribution is -1.94. The third kappa shape index (κ3) is 5.70. The van der Waals surface area contributed by atoms with Gasteiger partial charge < -0.3 is 4.74 Å². The second-order valence-electron chi connectivity index (χ2n) is 1.86. The van der Waals surface area contributed by atoms with Crippen LogP contribution in [0.5, 0.6) is 0 Å². The van der Waals surface area contributed by atoms with Crippen LogP contribution in [0.25, 0.3) is 0 Å². The van der Waals surface area contributed by atoms with Gasteiger partial charge in [0.05, 0.1) is 6.61 Å². The van der Waals surface area contributed by atoms with Crippen molar-refractivity contribution in [3.8, 4) is 0 Å². The highest BCUT2D eigenvalue weighted by atomic mass is 16.5. The van der Waals surface area contributed by atoms with Crippen molar-refractivity contribution in [2.45, 2.75) is 13.3 Å². The van der Waals surface area contributed by atoms with Crippen molar-refractivity contribution in [1.29, 1.82) is 0 Å². The van der Waals surface area contributed by atoms with Gasteiger partial charge in [0.1, 0.15) is 0 Å². The third-order valence-electron chi connectivity index (χ3n) is 0.637. The second kappa shape index (κ2) is 4.85. The molecule has 47 valence electrons. The first kappa shape index (κ1) is 7.70. The summed E-state index contributed by atoms with van der Waals surface area (Å²) in [6, 6.07) is 0. The van der Waals surface area contributed by atoms with E-state index in [4.69, 9.17) is 4.74 Å². The van der Waals surface area contributed by atoms with Gasteiger partial charge in [-0.15, -0.1) is 0 Å². The Kier molecular flexibility index (Phi) is 4.67. The zero-order valence-electron chi connectivity index (χ0n) is 5.44. The summed E-state index contributed by atoms with van der Waals surface area (Å²) in [7, 11) is 0. The van der Waals surface area contributed by atoms with Gasteiger partial charge in [-0.2, -0.15) is 0 Å². The molecule has 8 heavy (non-hydrogen) atoms. The maximum absolute atomic E-state index is 5.08. The quantitative estimate of drug-likeness (QED) is 0.399. The van der Waals surface area contributed by atoms with E-state index < -0.39 is 0 Å². The Bertz CT molecular complexity index is 66.8. The molecular formula is C7H13O. The van der Waals surface area contributed by atoms with Crippen LogP contribution in [0.2, 0.25) is 0 Å². The van der Waals surface area contributed by atoms with Gasteiger partial charge >= 0.3 is 0 Å². The Hall–Kier alpha value is -0.300. The standard InChI is InChI=1S/C7H13O/c1-4-5-8-6-7(2)3/h1-2,4-6H2,3H3. The predicted octanol–water partition coefficient (Wildman–Crippen LogP) is 1.80. The van der Waals surface area contributed by atoms with Crippen LogP contribution in [0.1, 0.15) is 13.3 Å². The highest BCUT2D eigenvalue weighted by Gasteiger charge is 1.82. The van der Waals surface area contributed by atoms with Crippen molar-refractivity contribution in [3.05, 3.63) is 19.1 Å². The largest absolute Gasteiger partial charge is 0.377 e. The number of hydrogen-bond acceptors (Lipinski definition) is 1. The van der Waals surface area contributed by atoms with Crippen molar-refractivity contribution in [2.75, 3.05) is 13.2 Å². The van der Waals surface area contributed by atoms with Crippen LogP contribution < -0.4 is 0 Å². The molecule has 0 aliphatic carbocycles. The molecule has 0 aromatic rings. The van der Waals surface area contributed by atoms with Gasteiger partial charge in [-0.3, -0.25) is 0 Å². The molecule has 0 aliphatic heterocycles. The minimum Gasteiger partial charge on any atom is -0.377 e. The van der Waals surface area contributed by atoms with Gasteiger partial charge in [0.15, 0.2) is 0 Å². The molecule has 0 spiro atoms. The predicted molar refractivity (Wildman–Crippen MR) is 35.6 cm³/mol. The zero-order chi connectivity index (χ0) is 6.41. The fourth-order valence-corrected chi connectivity index (χ4v) is 0.348. The maximum Gasteiger partial charge on any atom is 0.0671 e. The van der Waals surface area contributed by atoms with Gasteiger partial charge in [-0.25, -0.2) is 0 Å². The molecule has 0 amide bonds. The zero-order valence-corrected chi connectivity index (χ0v) is 5.44. The SMILES string of the molecule is [CH2]CCOCC(=C)C. The van der Waals surface area contributed by atoms with Gasteiger partial charge in [-0.1, -0.05) is 19.1 Å². The molecule has 0 N–H and O–H groups in total. The summed E-state index contributed by atoms with van der Waals surface area (Å²) >= 11 is 0. The molecular weight excluding hydrogens is 100 g/mol. The van der Waals surface area contributed by atoms with Crippen LogP contribution in [0.4, 0.5) is 0 Å². The fourth-order valence-electron chi connectivity index (χ4n) is 0.348. The van der Waals surface area contributed by atoms with Crippen LogP contribution in [0.15, 0.2) is 12.2 Å². The van der Waals surface area contributed by atoms with E-state index in [0.717, 1.165) is 18.6 Å². The molecule has 1 heteroatoms. The highest BCUT2D eigenvalue weighted by molar-refractivity contribution is 4.87. The van der Waals surface area contributed by atoms with Crippen molar-refractivity contribution in [2.24, 2.45) is 0 Å². The first-order valence-electron chi connectivity index (χ1n) is 2.78. The van der Waals surface area contributed by atoms with Gasteiger partial charge in [0, 0.05) is 6.61 Å². The number of hydrogen-bond donors (Lipinski definition) is 0. The van der Waals surface area contributed by atoms with E-state index in [0.29, 0.717) is 6.61 Å². The van der Waals surface area contributed by atoms with Crippen LogP contribution in [0, 0.1) is 6.92 Å². The van der Waals surface area contributed by atoms with Crippen molar-refractivity contribution in [3.63, 3.8) is 0 Å². The Morgan fingerprint density at radius 1 is 1.62 bits per heavy atom. The minimum absolute atomic E-state index is 0.676. The summed E-state index contributed by atoms with van der Waals surface area (Å²) in [6.07, 6.45) is 0.841. The van der Waals surface area contributed by atoms with Crippen LogP contribution >= 0.6 is 0 Å². The maximum atomic E-state index is 5.08. The lowest BCUT2D eigenvalue weighted by Gasteiger charge is -1.98. The van der Waals surface area contributed by atoms with Crippen molar-refractivity contribution in [1.82, 2.24) is 0 Å². The van der Waals surface area contributed by atoms with Gasteiger partial charge in [0.2, 0.25) is 0 Å². The van der Waals surface area contributed by atoms with E-state index in [2.05, 4.69) is 13.5 Å². The van der Waals surface area contributed by atoms with Crippen LogP contribution in [-0.2, 0) is 4.74 Å². The average molecular weight is 113 g/mol. The van der Waals surface area contributed by atoms with Gasteiger partial charge in [-0.05, 0) is 13.3 Å². The summed E-state index contributed by atoms with van der Waals surface area (Å²) in [5.74, 6) is 0. The second-order valence-corrected chi connectivity index (χ2v) is 1.86. The fraction of sp³-hybridized carbons (Fsp3) is 0.571. The minimum atomic E-state index is 0.676. The summed E-state index contributed by atoms with van der Waals surface area (Å²) < 4.78 is 5.08. The van der Waals surface area contributed by atoms with Crippen molar-refractivity contribution >= 4 is 0 Å². The molecule has 1 nitrogen and oxygen atoms in total. The molecule has 0 aliphatic rings. The lowest BCUT2D eigenvalue weighted by atomic mass is 10.4. The first-order valence-corrected chi connectivity index (χ1v) is 2.78. The summed E-state index contributed by atoms with van der Waals surface area (Å²) in [5.41, 5.74) is 1.07. The Labute approximate surface area is 51.4 Å². The molecule has 0 fully saturated rings. The Morgan fingerprint density at radius 2 is 2.25 bits per heavy atom. The van der Waals surface area contributed by atoms with E-state index in [1.54, 1.807) is 0 Å². The van der Waals surface area contributed by atoms with E-state index in [1.807, 2.05) is 6.92 Å². The molecule has 0 aromatic carbocycles. The van der Waals surface area contributed by atoms with Crippen LogP contribution in [-0.4, -0.2) is 13.2 Å². The highest BCUT2D eigenvalue weighted by Crippen LogP contribution is 1.88. The molecule has 0 heterocycles. The van der Waals surface area contributed by atoms with Gasteiger partial charge in [0.25, 0.3) is 0 Å². The number of rotatable bonds is 4. The molecule has 0 unspecified atom stereocenters. The topological polar surface area (TPSA) is 9.23 Å². The molecule has 0 rings (SSSR count). The molecule has 1 radical (unpaired) electrons. The molecule has 0 saturated heterocycles.